The molecule has 1 atom stereocenters. The summed E-state index contributed by atoms with van der Waals surface area (Å²) in [6, 6.07) is 7.15. The Balaban J connectivity index is 1.62. The lowest BCUT2D eigenvalue weighted by molar-refractivity contribution is 0.0167. The van der Waals surface area contributed by atoms with Crippen molar-refractivity contribution in [3.05, 3.63) is 57.6 Å². The highest BCUT2D eigenvalue weighted by Crippen LogP contribution is 2.41. The Morgan fingerprint density at radius 2 is 1.79 bits per heavy atom. The highest BCUT2D eigenvalue weighted by molar-refractivity contribution is 5.74. The van der Waals surface area contributed by atoms with Crippen LogP contribution in [0.3, 0.4) is 0 Å². The van der Waals surface area contributed by atoms with Gasteiger partial charge in [0.25, 0.3) is 0 Å². The molecule has 1 aliphatic heterocycles. The first-order valence-electron chi connectivity index (χ1n) is 12.2. The molecule has 3 rings (SSSR count). The third-order valence-electron chi connectivity index (χ3n) is 6.98. The maximum Gasteiger partial charge on any atom is 0.404 e. The van der Waals surface area contributed by atoms with Gasteiger partial charge in [-0.05, 0) is 112 Å². The Hall–Kier alpha value is -3.02. The van der Waals surface area contributed by atoms with Crippen LogP contribution in [-0.4, -0.2) is 36.2 Å². The molecule has 0 radical (unpaired) electrons. The molecule has 34 heavy (non-hydrogen) atoms. The molecule has 1 heterocycles. The summed E-state index contributed by atoms with van der Waals surface area (Å²) in [7, 11) is 0. The summed E-state index contributed by atoms with van der Waals surface area (Å²) in [6.45, 7) is 9.63. The normalized spacial score (nSPS) is 16.9. The number of fused-ring (bicyclic) bond motifs is 1. The summed E-state index contributed by atoms with van der Waals surface area (Å²) < 4.78 is 12.6. The molecule has 0 aliphatic carbocycles. The van der Waals surface area contributed by atoms with Crippen LogP contribution in [0.25, 0.3) is 0 Å². The second-order valence-electron chi connectivity index (χ2n) is 9.58. The molecule has 2 aromatic carbocycles. The van der Waals surface area contributed by atoms with E-state index >= 15 is 0 Å². The van der Waals surface area contributed by atoms with Crippen molar-refractivity contribution in [3.63, 3.8) is 0 Å². The van der Waals surface area contributed by atoms with Crippen LogP contribution in [0, 0.1) is 20.8 Å². The monoisotopic (exact) mass is 467 g/mol. The summed E-state index contributed by atoms with van der Waals surface area (Å²) >= 11 is 0. The number of carbonyl (C=O) groups is 2. The van der Waals surface area contributed by atoms with Gasteiger partial charge in [0.2, 0.25) is 0 Å². The van der Waals surface area contributed by atoms with Gasteiger partial charge in [0.05, 0.1) is 0 Å². The lowest BCUT2D eigenvalue weighted by atomic mass is 9.84. The van der Waals surface area contributed by atoms with Crippen LogP contribution in [0.1, 0.15) is 77.2 Å². The van der Waals surface area contributed by atoms with E-state index in [9.17, 15) is 9.59 Å². The number of amides is 1. The SMILES string of the molecule is Cc1c(C)c2c(c(C)c1CCCCCCNC(=O)O)CCC(C)(COc1ccc(C=O)cc1)O2. The maximum absolute atomic E-state index is 10.9. The summed E-state index contributed by atoms with van der Waals surface area (Å²) in [5, 5.41) is 11.1. The van der Waals surface area contributed by atoms with Crippen molar-refractivity contribution < 1.29 is 24.2 Å². The molecule has 0 saturated heterocycles. The Kier molecular flexibility index (Phi) is 8.59. The van der Waals surface area contributed by atoms with E-state index in [1.807, 2.05) is 12.1 Å². The first-order chi connectivity index (χ1) is 16.2. The Morgan fingerprint density at radius 3 is 2.47 bits per heavy atom. The number of benzene rings is 2. The zero-order chi connectivity index (χ0) is 24.7. The minimum atomic E-state index is -0.950. The maximum atomic E-state index is 10.9. The van der Waals surface area contributed by atoms with Gasteiger partial charge < -0.3 is 19.9 Å². The molecule has 184 valence electrons. The molecular formula is C28H37NO5. The molecule has 6 heteroatoms. The van der Waals surface area contributed by atoms with Gasteiger partial charge in [-0.15, -0.1) is 0 Å². The zero-order valence-electron chi connectivity index (χ0n) is 20.8. The van der Waals surface area contributed by atoms with E-state index < -0.39 is 11.7 Å². The first kappa shape index (κ1) is 25.6. The number of nitrogens with one attached hydrogen (secondary N) is 1. The number of unbranched alkanes of at least 4 members (excludes halogenated alkanes) is 3. The third kappa shape index (κ3) is 6.31. The largest absolute Gasteiger partial charge is 0.489 e. The van der Waals surface area contributed by atoms with E-state index in [0.717, 1.165) is 62.7 Å². The number of aldehydes is 1. The van der Waals surface area contributed by atoms with E-state index in [4.69, 9.17) is 14.6 Å². The van der Waals surface area contributed by atoms with E-state index in [2.05, 4.69) is 33.0 Å². The molecule has 1 amide bonds. The van der Waals surface area contributed by atoms with Crippen molar-refractivity contribution in [3.8, 4) is 11.5 Å². The smallest absolute Gasteiger partial charge is 0.404 e. The number of ether oxygens (including phenoxy) is 2. The topological polar surface area (TPSA) is 84.9 Å². The van der Waals surface area contributed by atoms with E-state index in [0.29, 0.717) is 18.7 Å². The number of rotatable bonds is 11. The van der Waals surface area contributed by atoms with Gasteiger partial charge in [0.1, 0.15) is 30.0 Å². The van der Waals surface area contributed by atoms with Crippen molar-refractivity contribution in [2.24, 2.45) is 0 Å². The molecule has 1 unspecified atom stereocenters. The van der Waals surface area contributed by atoms with Crippen LogP contribution in [-0.2, 0) is 12.8 Å². The molecule has 1 aliphatic rings. The van der Waals surface area contributed by atoms with Crippen LogP contribution >= 0.6 is 0 Å². The number of carboxylic acid groups (broad SMARTS) is 1. The van der Waals surface area contributed by atoms with Crippen molar-refractivity contribution in [2.45, 2.75) is 78.2 Å². The van der Waals surface area contributed by atoms with Crippen molar-refractivity contribution >= 4 is 12.4 Å². The van der Waals surface area contributed by atoms with Crippen LogP contribution in [0.2, 0.25) is 0 Å². The molecule has 2 N–H and O–H groups in total. The average molecular weight is 468 g/mol. The second-order valence-corrected chi connectivity index (χ2v) is 9.58. The van der Waals surface area contributed by atoms with Gasteiger partial charge in [0, 0.05) is 12.1 Å². The van der Waals surface area contributed by atoms with Crippen LogP contribution < -0.4 is 14.8 Å². The third-order valence-corrected chi connectivity index (χ3v) is 6.98. The quantitative estimate of drug-likeness (QED) is 0.315. The minimum absolute atomic E-state index is 0.411. The molecule has 0 spiro atoms. The Labute approximate surface area is 202 Å². The fourth-order valence-electron chi connectivity index (χ4n) is 4.71. The summed E-state index contributed by atoms with van der Waals surface area (Å²) in [5.74, 6) is 1.74. The van der Waals surface area contributed by atoms with Gasteiger partial charge in [0.15, 0.2) is 0 Å². The van der Waals surface area contributed by atoms with Crippen molar-refractivity contribution in [1.82, 2.24) is 5.32 Å². The van der Waals surface area contributed by atoms with Gasteiger partial charge in [-0.2, -0.15) is 0 Å². The fourth-order valence-corrected chi connectivity index (χ4v) is 4.71. The molecule has 6 nitrogen and oxygen atoms in total. The molecular weight excluding hydrogens is 430 g/mol. The van der Waals surface area contributed by atoms with Gasteiger partial charge in [-0.1, -0.05) is 12.8 Å². The second kappa shape index (κ2) is 11.4. The fraction of sp³-hybridized carbons (Fsp3) is 0.500. The minimum Gasteiger partial charge on any atom is -0.489 e. The van der Waals surface area contributed by atoms with E-state index in [1.54, 1.807) is 12.1 Å². The number of hydrogen-bond acceptors (Lipinski definition) is 4. The number of carbonyl (C=O) groups excluding carboxylic acids is 1. The summed E-state index contributed by atoms with van der Waals surface area (Å²) in [6.07, 6.45) is 6.85. The molecule has 2 aromatic rings. The van der Waals surface area contributed by atoms with Crippen LogP contribution in [0.5, 0.6) is 11.5 Å². The lowest BCUT2D eigenvalue weighted by Crippen LogP contribution is -2.42. The summed E-state index contributed by atoms with van der Waals surface area (Å²) in [5.41, 5.74) is 6.83. The summed E-state index contributed by atoms with van der Waals surface area (Å²) in [4.78, 5) is 21.4. The molecule has 0 saturated carbocycles. The Morgan fingerprint density at radius 1 is 1.09 bits per heavy atom. The predicted octanol–water partition coefficient (Wildman–Crippen LogP) is 5.96. The average Bonchev–Trinajstić information content (AvgIpc) is 2.82. The van der Waals surface area contributed by atoms with E-state index in [1.165, 1.54) is 27.8 Å². The lowest BCUT2D eigenvalue weighted by Gasteiger charge is -2.38. The molecule has 0 fully saturated rings. The highest BCUT2D eigenvalue weighted by atomic mass is 16.5. The standard InChI is InChI=1S/C28H37NO5/c1-19-20(2)26-25(21(3)24(19)9-7-5-6-8-16-29-27(31)32)14-15-28(4,34-26)18-33-23-12-10-22(17-30)11-13-23/h10-13,17,29H,5-9,14-16,18H2,1-4H3,(H,31,32). The van der Waals surface area contributed by atoms with Crippen molar-refractivity contribution in [2.75, 3.05) is 13.2 Å². The molecule has 0 aromatic heterocycles. The van der Waals surface area contributed by atoms with Crippen molar-refractivity contribution in [1.29, 1.82) is 0 Å². The van der Waals surface area contributed by atoms with E-state index in [-0.39, 0.29) is 0 Å². The van der Waals surface area contributed by atoms with Crippen LogP contribution in [0.4, 0.5) is 4.79 Å². The predicted molar refractivity (Wildman–Crippen MR) is 134 cm³/mol. The zero-order valence-corrected chi connectivity index (χ0v) is 20.8. The highest BCUT2D eigenvalue weighted by Gasteiger charge is 2.35. The van der Waals surface area contributed by atoms with Gasteiger partial charge in [-0.25, -0.2) is 4.79 Å². The first-order valence-corrected chi connectivity index (χ1v) is 12.2. The molecule has 0 bridgehead atoms. The van der Waals surface area contributed by atoms with Gasteiger partial charge >= 0.3 is 6.09 Å². The number of hydrogen-bond donors (Lipinski definition) is 2. The Bertz CT molecular complexity index is 1010. The van der Waals surface area contributed by atoms with Crippen LogP contribution in [0.15, 0.2) is 24.3 Å². The van der Waals surface area contributed by atoms with Gasteiger partial charge in [-0.3, -0.25) is 4.79 Å².